The number of hydrogen-bond acceptors (Lipinski definition) is 9. The van der Waals surface area contributed by atoms with Crippen molar-refractivity contribution in [2.24, 2.45) is 30.7 Å². The summed E-state index contributed by atoms with van der Waals surface area (Å²) in [7, 11) is -2.17. The molecule has 0 amide bonds. The molecule has 3 atom stereocenters. The topological polar surface area (TPSA) is 135 Å². The van der Waals surface area contributed by atoms with E-state index in [-0.39, 0.29) is 38.0 Å². The minimum absolute atomic E-state index is 0. The maximum atomic E-state index is 7.17. The van der Waals surface area contributed by atoms with E-state index in [1.54, 1.807) is 0 Å². The number of allylic oxidation sites excluding steroid dienone is 3. The van der Waals surface area contributed by atoms with Gasteiger partial charge in [-0.2, -0.15) is 0 Å². The van der Waals surface area contributed by atoms with Crippen LogP contribution in [0, 0.1) is 0 Å². The first kappa shape index (κ1) is 27.1. The second kappa shape index (κ2) is 9.72. The summed E-state index contributed by atoms with van der Waals surface area (Å²) in [5.41, 5.74) is 2.86. The summed E-state index contributed by atoms with van der Waals surface area (Å²) >= 11 is -1.68. The molecule has 3 aliphatic heterocycles. The SMILES string of the molecule is CC1=C[C](C)([Cr]([C]2(C)C=C(C)N=N2)[C]2(C)C=C(C)N=N2)N=N1.Cl.Cl.OB(O)O. The van der Waals surface area contributed by atoms with Crippen LogP contribution >= 0.6 is 24.8 Å². The Morgan fingerprint density at radius 2 is 0.893 bits per heavy atom. The molecule has 28 heavy (non-hydrogen) atoms. The van der Waals surface area contributed by atoms with Gasteiger partial charge in [0.05, 0.1) is 0 Å². The van der Waals surface area contributed by atoms with Gasteiger partial charge in [-0.25, -0.2) is 0 Å². The third kappa shape index (κ3) is 5.80. The van der Waals surface area contributed by atoms with Crippen LogP contribution in [0.25, 0.3) is 0 Å². The molecule has 3 N–H and O–H groups in total. The Hall–Kier alpha value is -0.923. The zero-order valence-corrected chi connectivity index (χ0v) is 19.5. The van der Waals surface area contributed by atoms with E-state index in [9.17, 15) is 0 Å². The van der Waals surface area contributed by atoms with Crippen LogP contribution in [0.2, 0.25) is 0 Å². The maximum Gasteiger partial charge on any atom is 0.631 e. The van der Waals surface area contributed by atoms with Gasteiger partial charge in [-0.3, -0.25) is 0 Å². The van der Waals surface area contributed by atoms with Gasteiger partial charge in [-0.1, -0.05) is 0 Å². The molecular weight excluding hydrogens is 446 g/mol. The smallest absolute Gasteiger partial charge is 0.402 e. The second-order valence-electron chi connectivity index (χ2n) is 6.77. The summed E-state index contributed by atoms with van der Waals surface area (Å²) < 4.78 is -1.10. The summed E-state index contributed by atoms with van der Waals surface area (Å²) in [5, 5.41) is 48.2. The summed E-state index contributed by atoms with van der Waals surface area (Å²) in [6.07, 6.45) is 6.46. The van der Waals surface area contributed by atoms with Crippen LogP contribution in [0.4, 0.5) is 0 Å². The second-order valence-corrected chi connectivity index (χ2v) is 11.6. The first-order chi connectivity index (χ1) is 11.9. The Morgan fingerprint density at radius 1 is 0.679 bits per heavy atom. The van der Waals surface area contributed by atoms with Crippen LogP contribution in [-0.4, -0.2) is 35.6 Å². The van der Waals surface area contributed by atoms with Gasteiger partial charge in [-0.15, -0.1) is 24.8 Å². The number of nitrogens with zero attached hydrogens (tertiary/aromatic N) is 6. The zero-order valence-electron chi connectivity index (χ0n) is 16.6. The van der Waals surface area contributed by atoms with E-state index in [0.29, 0.717) is 0 Å². The first-order valence-electron chi connectivity index (χ1n) is 8.06. The van der Waals surface area contributed by atoms with E-state index < -0.39 is 21.5 Å². The molecule has 0 fully saturated rings. The Balaban J connectivity index is 0.00000111. The average Bonchev–Trinajstić information content (AvgIpc) is 3.10. The van der Waals surface area contributed by atoms with Crippen LogP contribution in [0.3, 0.4) is 0 Å². The number of rotatable bonds is 3. The predicted octanol–water partition coefficient (Wildman–Crippen LogP) is 3.65. The minimum Gasteiger partial charge on any atom is -0.402 e. The Kier molecular flexibility index (Phi) is 9.40. The molecule has 3 unspecified atom stereocenters. The van der Waals surface area contributed by atoms with Gasteiger partial charge in [0.25, 0.3) is 0 Å². The predicted molar refractivity (Wildman–Crippen MR) is 108 cm³/mol. The molecule has 0 spiro atoms. The maximum absolute atomic E-state index is 7.17. The van der Waals surface area contributed by atoms with Gasteiger partial charge in [-0.05, 0) is 0 Å². The third-order valence-electron chi connectivity index (χ3n) is 3.89. The molecule has 0 aromatic carbocycles. The average molecular weight is 472 g/mol. The Labute approximate surface area is 181 Å². The van der Waals surface area contributed by atoms with E-state index in [1.807, 2.05) is 20.8 Å². The molecule has 0 bridgehead atoms. The van der Waals surface area contributed by atoms with E-state index in [2.05, 4.69) is 69.7 Å². The fourth-order valence-electron chi connectivity index (χ4n) is 3.42. The van der Waals surface area contributed by atoms with Crippen molar-refractivity contribution in [3.05, 3.63) is 35.3 Å². The molecule has 0 saturated carbocycles. The number of halogens is 2. The fourth-order valence-corrected chi connectivity index (χ4v) is 9.27. The quantitative estimate of drug-likeness (QED) is 0.542. The summed E-state index contributed by atoms with van der Waals surface area (Å²) in [4.78, 5) is 0. The van der Waals surface area contributed by atoms with E-state index in [0.717, 1.165) is 17.1 Å². The largest absolute Gasteiger partial charge is 0.631 e. The molecule has 3 heterocycles. The normalized spacial score (nSPS) is 32.1. The zero-order chi connectivity index (χ0) is 19.8. The van der Waals surface area contributed by atoms with Gasteiger partial charge in [0, 0.05) is 0 Å². The van der Waals surface area contributed by atoms with Crippen molar-refractivity contribution < 1.29 is 29.2 Å². The monoisotopic (exact) mass is 471 g/mol. The van der Waals surface area contributed by atoms with Gasteiger partial charge < -0.3 is 15.1 Å². The van der Waals surface area contributed by atoms with Crippen molar-refractivity contribution >= 4 is 32.1 Å². The van der Waals surface area contributed by atoms with Gasteiger partial charge in [0.1, 0.15) is 0 Å². The van der Waals surface area contributed by atoms with Crippen LogP contribution in [-0.2, 0) is 14.1 Å². The first-order valence-corrected chi connectivity index (χ1v) is 9.97. The molecule has 9 nitrogen and oxygen atoms in total. The van der Waals surface area contributed by atoms with Crippen molar-refractivity contribution in [2.75, 3.05) is 0 Å². The summed E-state index contributed by atoms with van der Waals surface area (Å²) in [5.74, 6) is 0. The van der Waals surface area contributed by atoms with Crippen LogP contribution in [0.1, 0.15) is 41.5 Å². The Morgan fingerprint density at radius 3 is 1.04 bits per heavy atom. The molecule has 13 heteroatoms. The number of azo groups is 3. The fraction of sp³-hybridized carbons (Fsp3) is 0.600. The molecular formula is C15H26BCl2CrN6O3. The van der Waals surface area contributed by atoms with Crippen molar-refractivity contribution in [3.8, 4) is 0 Å². The van der Waals surface area contributed by atoms with Crippen LogP contribution in [0.5, 0.6) is 0 Å². The van der Waals surface area contributed by atoms with E-state index in [1.165, 1.54) is 0 Å². The number of hydrogen-bond donors (Lipinski definition) is 3. The van der Waals surface area contributed by atoms with Crippen LogP contribution < -0.4 is 0 Å². The molecule has 3 aliphatic rings. The summed E-state index contributed by atoms with van der Waals surface area (Å²) in [6, 6.07) is 0. The molecule has 157 valence electrons. The molecule has 0 aromatic heterocycles. The van der Waals surface area contributed by atoms with Gasteiger partial charge in [0.15, 0.2) is 0 Å². The minimum atomic E-state index is -2.17. The van der Waals surface area contributed by atoms with Crippen molar-refractivity contribution in [3.63, 3.8) is 0 Å². The van der Waals surface area contributed by atoms with Crippen molar-refractivity contribution in [2.45, 2.75) is 54.7 Å². The molecule has 0 aliphatic carbocycles. The molecule has 3 rings (SSSR count). The van der Waals surface area contributed by atoms with E-state index in [4.69, 9.17) is 15.1 Å². The van der Waals surface area contributed by atoms with Crippen molar-refractivity contribution in [1.82, 2.24) is 0 Å². The van der Waals surface area contributed by atoms with Crippen LogP contribution in [0.15, 0.2) is 66.0 Å². The molecule has 0 radical (unpaired) electrons. The van der Waals surface area contributed by atoms with E-state index >= 15 is 0 Å². The van der Waals surface area contributed by atoms with Gasteiger partial charge in [0.2, 0.25) is 0 Å². The molecule has 0 saturated heterocycles. The van der Waals surface area contributed by atoms with Crippen molar-refractivity contribution in [1.29, 1.82) is 0 Å². The third-order valence-corrected chi connectivity index (χ3v) is 8.70. The Bertz CT molecular complexity index is 677. The summed E-state index contributed by atoms with van der Waals surface area (Å²) in [6.45, 7) is 12.4. The van der Waals surface area contributed by atoms with Gasteiger partial charge >= 0.3 is 142 Å². The molecule has 0 aromatic rings. The standard InChI is InChI=1S/3C5H7N2.BH3O3.2ClH.Cr/c3*1-4-3-5(2)7-6-4;2-1(3)4;;;/h3*3H,1-2H3;2-4H;2*1H;.